The Morgan fingerprint density at radius 2 is 1.54 bits per heavy atom. The van der Waals surface area contributed by atoms with E-state index in [1.165, 1.54) is 6.42 Å². The minimum Gasteiger partial charge on any atom is -0.388 e. The van der Waals surface area contributed by atoms with Gasteiger partial charge >= 0.3 is 0 Å². The molecule has 13 nitrogen and oxygen atoms in total. The first-order valence-electron chi connectivity index (χ1n) is 20.9. The molecule has 0 bridgehead atoms. The van der Waals surface area contributed by atoms with Crippen molar-refractivity contribution in [1.29, 1.82) is 0 Å². The molecule has 5 N–H and O–H groups in total. The lowest BCUT2D eigenvalue weighted by Crippen LogP contribution is -2.55. The highest BCUT2D eigenvalue weighted by atomic mass is 16.5. The third kappa shape index (κ3) is 16.3. The van der Waals surface area contributed by atoms with E-state index in [0.717, 1.165) is 24.1 Å². The van der Waals surface area contributed by atoms with Crippen LogP contribution < -0.4 is 21.7 Å². The van der Waals surface area contributed by atoms with Crippen LogP contribution in [0, 0.1) is 17.8 Å². The molecule has 0 spiro atoms. The lowest BCUT2D eigenvalue weighted by atomic mass is 9.90. The van der Waals surface area contributed by atoms with Gasteiger partial charge in [-0.25, -0.2) is 0 Å². The topological polar surface area (TPSA) is 159 Å². The van der Waals surface area contributed by atoms with Gasteiger partial charge in [-0.15, -0.1) is 0 Å². The molecule has 13 heteroatoms. The summed E-state index contributed by atoms with van der Waals surface area (Å²) >= 11 is 0. The van der Waals surface area contributed by atoms with Crippen LogP contribution >= 0.6 is 0 Å². The largest absolute Gasteiger partial charge is 0.388 e. The number of methoxy groups -OCH3 is 2. The maximum Gasteiger partial charge on any atom is 0.242 e. The van der Waals surface area contributed by atoms with Gasteiger partial charge in [-0.2, -0.15) is 0 Å². The van der Waals surface area contributed by atoms with E-state index in [1.54, 1.807) is 26.2 Å². The van der Waals surface area contributed by atoms with Crippen LogP contribution in [0.25, 0.3) is 0 Å². The van der Waals surface area contributed by atoms with Crippen LogP contribution in [-0.2, 0) is 35.1 Å². The van der Waals surface area contributed by atoms with Gasteiger partial charge < -0.3 is 41.0 Å². The van der Waals surface area contributed by atoms with Crippen molar-refractivity contribution in [2.45, 2.75) is 137 Å². The van der Waals surface area contributed by atoms with E-state index >= 15 is 0 Å². The minimum atomic E-state index is -0.585. The number of likely N-dealkylation sites (tertiary alicyclic amines) is 1. The number of rotatable bonds is 21. The van der Waals surface area contributed by atoms with Crippen molar-refractivity contribution in [3.63, 3.8) is 0 Å². The van der Waals surface area contributed by atoms with Crippen LogP contribution in [-0.4, -0.2) is 137 Å². The Balaban J connectivity index is 0.00000575. The molecule has 1 aliphatic heterocycles. The molecule has 4 amide bonds. The second kappa shape index (κ2) is 28.2. The fourth-order valence-electron chi connectivity index (χ4n) is 7.47. The van der Waals surface area contributed by atoms with E-state index in [4.69, 9.17) is 15.2 Å². The quantitative estimate of drug-likeness (QED) is 0.138. The monoisotopic (exact) mass is 792 g/mol. The Kier molecular flexibility index (Phi) is 26.5. The number of nitrogens with two attached hydrogens (primary N) is 1. The molecule has 2 rings (SSSR count). The molecule has 1 heterocycles. The number of nitrogens with zero attached hydrogens (tertiary/aromatic N) is 3. The number of anilines is 1. The van der Waals surface area contributed by atoms with Crippen molar-refractivity contribution >= 4 is 29.3 Å². The molecule has 8 atom stereocenters. The number of nitrogens with one attached hydrogen (secondary N) is 3. The van der Waals surface area contributed by atoms with Crippen LogP contribution in [0.5, 0.6) is 0 Å². The van der Waals surface area contributed by atoms with Crippen molar-refractivity contribution in [2.75, 3.05) is 67.4 Å². The number of hydrogen-bond acceptors (Lipinski definition) is 9. The van der Waals surface area contributed by atoms with Gasteiger partial charge in [0.2, 0.25) is 23.6 Å². The first-order valence-corrected chi connectivity index (χ1v) is 20.9. The molecule has 0 aromatic heterocycles. The normalized spacial score (nSPS) is 17.5. The maximum absolute atomic E-state index is 14.0. The zero-order valence-corrected chi connectivity index (χ0v) is 37.7. The smallest absolute Gasteiger partial charge is 0.242 e. The SMILES string of the molecule is CC.CCC.CCC(C)C(C(CC(=O)N1CCCC1C(OC)C(C)C(=O)NC(CN)Cc1ccc(NC)cc1)OC)N(C)C(=O)CNC(=O)C(C(C)C)N(C)C. The Bertz CT molecular complexity index is 1260. The number of carbonyl (C=O) groups is 4. The van der Waals surface area contributed by atoms with Gasteiger partial charge in [0.15, 0.2) is 0 Å². The molecular formula is C43H81N7O6. The Hall–Kier alpha value is -3.26. The Morgan fingerprint density at radius 3 is 2.00 bits per heavy atom. The molecule has 324 valence electrons. The predicted octanol–water partition coefficient (Wildman–Crippen LogP) is 4.78. The average molecular weight is 792 g/mol. The van der Waals surface area contributed by atoms with E-state index in [1.807, 2.05) is 104 Å². The molecule has 0 aliphatic carbocycles. The van der Waals surface area contributed by atoms with Crippen molar-refractivity contribution in [3.8, 4) is 0 Å². The van der Waals surface area contributed by atoms with E-state index in [2.05, 4.69) is 29.8 Å². The number of hydrogen-bond donors (Lipinski definition) is 4. The number of amides is 4. The highest BCUT2D eigenvalue weighted by molar-refractivity contribution is 5.87. The van der Waals surface area contributed by atoms with E-state index in [9.17, 15) is 19.2 Å². The molecular weight excluding hydrogens is 711 g/mol. The highest BCUT2D eigenvalue weighted by Gasteiger charge is 2.42. The molecule has 1 aromatic carbocycles. The van der Waals surface area contributed by atoms with Gasteiger partial charge in [0.1, 0.15) is 0 Å². The lowest BCUT2D eigenvalue weighted by Gasteiger charge is -2.39. The summed E-state index contributed by atoms with van der Waals surface area (Å²) in [5.74, 6) is -1.20. The van der Waals surface area contributed by atoms with Gasteiger partial charge in [-0.3, -0.25) is 24.1 Å². The van der Waals surface area contributed by atoms with Crippen LogP contribution in [0.3, 0.4) is 0 Å². The average Bonchev–Trinajstić information content (AvgIpc) is 3.67. The highest BCUT2D eigenvalue weighted by Crippen LogP contribution is 2.29. The molecule has 8 unspecified atom stereocenters. The lowest BCUT2D eigenvalue weighted by molar-refractivity contribution is -0.146. The fourth-order valence-corrected chi connectivity index (χ4v) is 7.47. The van der Waals surface area contributed by atoms with Crippen LogP contribution in [0.4, 0.5) is 5.69 Å². The van der Waals surface area contributed by atoms with Crippen LogP contribution in [0.2, 0.25) is 0 Å². The number of ether oxygens (including phenoxy) is 2. The van der Waals surface area contributed by atoms with E-state index in [0.29, 0.717) is 19.4 Å². The molecule has 1 aliphatic rings. The van der Waals surface area contributed by atoms with Gasteiger partial charge in [0.05, 0.1) is 49.2 Å². The molecule has 1 aromatic rings. The van der Waals surface area contributed by atoms with Crippen LogP contribution in [0.1, 0.15) is 100.0 Å². The van der Waals surface area contributed by atoms with E-state index < -0.39 is 24.2 Å². The molecule has 1 saturated heterocycles. The zero-order valence-electron chi connectivity index (χ0n) is 37.7. The van der Waals surface area contributed by atoms with Crippen molar-refractivity contribution < 1.29 is 28.7 Å². The van der Waals surface area contributed by atoms with Gasteiger partial charge in [-0.05, 0) is 62.9 Å². The molecule has 1 fully saturated rings. The summed E-state index contributed by atoms with van der Waals surface area (Å²) in [4.78, 5) is 59.2. The summed E-state index contributed by atoms with van der Waals surface area (Å²) in [5, 5.41) is 9.03. The fraction of sp³-hybridized carbons (Fsp3) is 0.767. The van der Waals surface area contributed by atoms with Crippen molar-refractivity contribution in [2.24, 2.45) is 23.5 Å². The van der Waals surface area contributed by atoms with Crippen molar-refractivity contribution in [1.82, 2.24) is 25.3 Å². The third-order valence-electron chi connectivity index (χ3n) is 10.5. The van der Waals surface area contributed by atoms with Crippen LogP contribution in [0.15, 0.2) is 24.3 Å². The molecule has 0 saturated carbocycles. The number of benzene rings is 1. The van der Waals surface area contributed by atoms with E-state index in [-0.39, 0.29) is 73.1 Å². The maximum atomic E-state index is 14.0. The second-order valence-corrected chi connectivity index (χ2v) is 15.3. The van der Waals surface area contributed by atoms with Gasteiger partial charge in [0, 0.05) is 53.1 Å². The Morgan fingerprint density at radius 1 is 0.946 bits per heavy atom. The summed E-state index contributed by atoms with van der Waals surface area (Å²) in [6, 6.07) is 6.69. The molecule has 0 radical (unpaired) electrons. The summed E-state index contributed by atoms with van der Waals surface area (Å²) in [6.07, 6.45) is 3.04. The molecule has 56 heavy (non-hydrogen) atoms. The summed E-state index contributed by atoms with van der Waals surface area (Å²) in [6.45, 7) is 18.8. The predicted molar refractivity (Wildman–Crippen MR) is 229 cm³/mol. The summed E-state index contributed by atoms with van der Waals surface area (Å²) in [5.41, 5.74) is 8.14. The zero-order chi connectivity index (χ0) is 43.1. The van der Waals surface area contributed by atoms with Gasteiger partial charge in [0.25, 0.3) is 0 Å². The number of carbonyl (C=O) groups excluding carboxylic acids is 4. The van der Waals surface area contributed by atoms with Gasteiger partial charge in [-0.1, -0.05) is 87.3 Å². The second-order valence-electron chi connectivity index (χ2n) is 15.3. The Labute approximate surface area is 340 Å². The first kappa shape index (κ1) is 52.7. The summed E-state index contributed by atoms with van der Waals surface area (Å²) < 4.78 is 11.9. The van der Waals surface area contributed by atoms with Crippen molar-refractivity contribution in [3.05, 3.63) is 29.8 Å². The minimum absolute atomic E-state index is 0.0131. The standard InChI is InChI=1S/C38H67N7O6.C3H8.C2H6/c1-12-25(4)35(44(9)33(47)23-41-38(49)34(24(2)3)43(7)8)31(50-10)21-32(46)45-19-13-14-30(45)36(51-11)26(5)37(48)42-29(22-39)20-27-15-17-28(40-6)18-16-27;1-3-2;1-2/h15-18,24-26,29-31,34-36,40H,12-14,19-23,39H2,1-11H3,(H,41,49)(H,42,48);3H2,1-2H3;1-2H3. The third-order valence-corrected chi connectivity index (χ3v) is 10.5. The summed E-state index contributed by atoms with van der Waals surface area (Å²) in [7, 11) is 10.4. The number of likely N-dealkylation sites (N-methyl/N-ethyl adjacent to an activating group) is 2. The first-order chi connectivity index (χ1) is 26.6.